The van der Waals surface area contributed by atoms with Crippen LogP contribution in [0.4, 0.5) is 16.0 Å². The molecule has 0 radical (unpaired) electrons. The van der Waals surface area contributed by atoms with Crippen molar-refractivity contribution in [3.05, 3.63) is 102 Å². The van der Waals surface area contributed by atoms with Crippen LogP contribution < -0.4 is 25.2 Å². The summed E-state index contributed by atoms with van der Waals surface area (Å²) < 4.78 is 31.0. The van der Waals surface area contributed by atoms with Gasteiger partial charge in [0.1, 0.15) is 41.2 Å². The number of ether oxygens (including phenoxy) is 1. The van der Waals surface area contributed by atoms with Crippen LogP contribution in [-0.4, -0.2) is 158 Å². The van der Waals surface area contributed by atoms with Gasteiger partial charge in [0.2, 0.25) is 11.8 Å². The first-order chi connectivity index (χ1) is 38.0. The van der Waals surface area contributed by atoms with Gasteiger partial charge in [-0.3, -0.25) is 29.1 Å². The number of piperazine rings is 2. The number of likely N-dealkylation sites (tertiary alicyclic amines) is 2. The molecular formula is C59H70FN13O5. The fraction of sp³-hybridized carbons (Fsp3) is 0.475. The van der Waals surface area contributed by atoms with Crippen LogP contribution in [0.25, 0.3) is 44.2 Å². The highest BCUT2D eigenvalue weighted by Crippen LogP contribution is 2.39. The molecule has 9 heterocycles. The van der Waals surface area contributed by atoms with Crippen molar-refractivity contribution in [3.8, 4) is 34.3 Å². The van der Waals surface area contributed by atoms with Crippen LogP contribution in [-0.2, 0) is 29.5 Å². The Hall–Kier alpha value is -7.22. The molecular weight excluding hydrogens is 990 g/mol. The fourth-order valence-corrected chi connectivity index (χ4v) is 12.8. The van der Waals surface area contributed by atoms with Crippen LogP contribution in [0.2, 0.25) is 0 Å². The lowest BCUT2D eigenvalue weighted by Gasteiger charge is -2.38. The van der Waals surface area contributed by atoms with Crippen molar-refractivity contribution >= 4 is 45.1 Å². The fourth-order valence-electron chi connectivity index (χ4n) is 12.8. The molecule has 5 fully saturated rings. The molecule has 3 N–H and O–H groups in total. The average molecular weight is 1060 g/mol. The topological polar surface area (TPSA) is 186 Å². The smallest absolute Gasteiger partial charge is 0.319 e. The van der Waals surface area contributed by atoms with E-state index in [4.69, 9.17) is 24.2 Å². The molecule has 4 aromatic heterocycles. The Labute approximate surface area is 453 Å². The number of carbonyl (C=O) groups excluding carboxylic acids is 2. The van der Waals surface area contributed by atoms with Gasteiger partial charge in [0.15, 0.2) is 11.6 Å². The number of phenolic OH excluding ortho intramolecular Hbond substituents is 1. The molecule has 4 unspecified atom stereocenters. The van der Waals surface area contributed by atoms with Crippen molar-refractivity contribution in [2.24, 2.45) is 13.0 Å². The lowest BCUT2D eigenvalue weighted by atomic mass is 9.95. The summed E-state index contributed by atoms with van der Waals surface area (Å²) in [5.41, 5.74) is 4.94. The molecule has 12 rings (SSSR count). The second-order valence-electron chi connectivity index (χ2n) is 22.1. The molecule has 78 heavy (non-hydrogen) atoms. The number of rotatable bonds is 16. The maximum atomic E-state index is 17.1. The van der Waals surface area contributed by atoms with E-state index in [9.17, 15) is 14.7 Å². The molecule has 19 heteroatoms. The minimum Gasteiger partial charge on any atom is -0.508 e. The molecule has 5 saturated heterocycles. The number of piperidine rings is 1. The number of hydrogen-bond acceptors (Lipinski definition) is 15. The van der Waals surface area contributed by atoms with E-state index in [1.165, 1.54) is 0 Å². The monoisotopic (exact) mass is 1060 g/mol. The zero-order valence-electron chi connectivity index (χ0n) is 44.9. The maximum Gasteiger partial charge on any atom is 0.319 e. The number of fused-ring (bicyclic) bond motifs is 4. The zero-order chi connectivity index (χ0) is 53.4. The molecule has 3 aromatic carbocycles. The van der Waals surface area contributed by atoms with E-state index < -0.39 is 11.9 Å². The maximum absolute atomic E-state index is 17.1. The second-order valence-corrected chi connectivity index (χ2v) is 22.1. The van der Waals surface area contributed by atoms with Crippen molar-refractivity contribution < 1.29 is 28.3 Å². The van der Waals surface area contributed by atoms with Crippen LogP contribution in [0.5, 0.6) is 11.8 Å². The number of aromatic hydroxyl groups is 1. The highest BCUT2D eigenvalue weighted by molar-refractivity contribution is 6.01. The standard InChI is InChI=1S/C59H70FN13O5/c1-4-39-7-5-8-42-29-45(74)30-47(53(39)42)55-54(60)56-48(33-61-55)57(72-35-43-14-15-44(36-72)64-43)66-59(65-56)77-28-27-69-21-17-38(18-22-69)34-70-23-25-71(26-24-70)51-31-46(78-67-51)32-52(75)73-20-6-9-50(73)58(76)63-37(2)40-10-12-41(13-11-40)49-16-19-62-68(49)3/h5,7-8,10-13,16,19,29-31,33,37-38,43-44,50,64,74H,4,6,9,14-15,17-18,20-28,32,34-36H2,1-3H3,(H,63,76). The number of aromatic nitrogens is 6. The Morgan fingerprint density at radius 2 is 1.71 bits per heavy atom. The van der Waals surface area contributed by atoms with Crippen molar-refractivity contribution in [1.82, 2.24) is 55.2 Å². The van der Waals surface area contributed by atoms with E-state index in [1.807, 2.05) is 73.3 Å². The zero-order valence-corrected chi connectivity index (χ0v) is 44.9. The third kappa shape index (κ3) is 10.7. The Morgan fingerprint density at radius 1 is 0.910 bits per heavy atom. The number of benzene rings is 3. The van der Waals surface area contributed by atoms with Gasteiger partial charge < -0.3 is 39.7 Å². The first-order valence-electron chi connectivity index (χ1n) is 28.1. The highest BCUT2D eigenvalue weighted by Gasteiger charge is 2.37. The van der Waals surface area contributed by atoms with E-state index in [2.05, 4.69) is 47.4 Å². The predicted molar refractivity (Wildman–Crippen MR) is 297 cm³/mol. The van der Waals surface area contributed by atoms with Gasteiger partial charge in [0.25, 0.3) is 0 Å². The number of nitrogens with zero attached hydrogens (tertiary/aromatic N) is 11. The van der Waals surface area contributed by atoms with Crippen molar-refractivity contribution in [2.45, 2.75) is 89.4 Å². The number of amides is 2. The van der Waals surface area contributed by atoms with Gasteiger partial charge in [-0.2, -0.15) is 15.1 Å². The molecule has 0 saturated carbocycles. The molecule has 4 atom stereocenters. The first kappa shape index (κ1) is 51.5. The molecule has 5 aliphatic heterocycles. The summed E-state index contributed by atoms with van der Waals surface area (Å²) in [4.78, 5) is 52.7. The number of aryl methyl sites for hydroxylation is 2. The van der Waals surface area contributed by atoms with Crippen molar-refractivity contribution in [1.29, 1.82) is 0 Å². The van der Waals surface area contributed by atoms with E-state index in [0.717, 1.165) is 136 Å². The quantitative estimate of drug-likeness (QED) is 0.0907. The number of nitrogens with one attached hydrogen (secondary N) is 2. The van der Waals surface area contributed by atoms with Gasteiger partial charge in [-0.1, -0.05) is 54.5 Å². The van der Waals surface area contributed by atoms with Crippen LogP contribution in [0.3, 0.4) is 0 Å². The summed E-state index contributed by atoms with van der Waals surface area (Å²) in [7, 11) is 1.91. The minimum atomic E-state index is -0.557. The molecule has 0 aliphatic carbocycles. The van der Waals surface area contributed by atoms with E-state index in [1.54, 1.807) is 29.4 Å². The molecule has 5 aliphatic rings. The van der Waals surface area contributed by atoms with Crippen molar-refractivity contribution in [3.63, 3.8) is 0 Å². The Morgan fingerprint density at radius 3 is 2.46 bits per heavy atom. The van der Waals surface area contributed by atoms with Gasteiger partial charge in [-0.15, -0.1) is 0 Å². The van der Waals surface area contributed by atoms with Crippen LogP contribution in [0.1, 0.15) is 75.3 Å². The largest absolute Gasteiger partial charge is 0.508 e. The Bertz CT molecular complexity index is 3280. The lowest BCUT2D eigenvalue weighted by molar-refractivity contribution is -0.138. The minimum absolute atomic E-state index is 0.0496. The van der Waals surface area contributed by atoms with Gasteiger partial charge >= 0.3 is 6.01 Å². The van der Waals surface area contributed by atoms with Crippen LogP contribution in [0.15, 0.2) is 83.6 Å². The Balaban J connectivity index is 0.612. The SMILES string of the molecule is CCc1cccc2cc(O)cc(-c3ncc4c(N5CC6CCC(C5)N6)nc(OCCN5CCC(CN6CCN(c7cc(CC(=O)N8CCCC8C(=O)NC(C)c8ccc(-c9ccnn9C)cc8)on7)CC6)CC5)nc4c3F)c12. The van der Waals surface area contributed by atoms with E-state index in [0.29, 0.717) is 66.6 Å². The third-order valence-electron chi connectivity index (χ3n) is 17.0. The predicted octanol–water partition coefficient (Wildman–Crippen LogP) is 6.91. The first-order valence-corrected chi connectivity index (χ1v) is 28.1. The van der Waals surface area contributed by atoms with E-state index in [-0.39, 0.29) is 47.2 Å². The number of carbonyl (C=O) groups is 2. The van der Waals surface area contributed by atoms with Crippen LogP contribution >= 0.6 is 0 Å². The lowest BCUT2D eigenvalue weighted by Crippen LogP contribution is -2.51. The summed E-state index contributed by atoms with van der Waals surface area (Å²) >= 11 is 0. The molecule has 2 amide bonds. The number of phenols is 1. The van der Waals surface area contributed by atoms with Gasteiger partial charge in [0.05, 0.1) is 23.5 Å². The molecule has 2 bridgehead atoms. The molecule has 408 valence electrons. The summed E-state index contributed by atoms with van der Waals surface area (Å²) in [6, 6.07) is 21.3. The number of anilines is 2. The van der Waals surface area contributed by atoms with Crippen LogP contribution in [0, 0.1) is 11.7 Å². The van der Waals surface area contributed by atoms with Gasteiger partial charge in [-0.25, -0.2) is 4.39 Å². The molecule has 18 nitrogen and oxygen atoms in total. The molecule has 0 spiro atoms. The van der Waals surface area contributed by atoms with Crippen molar-refractivity contribution in [2.75, 3.05) is 88.4 Å². The molecule has 7 aromatic rings. The number of pyridine rings is 1. The summed E-state index contributed by atoms with van der Waals surface area (Å²) in [6.07, 6.45) is 10.0. The number of hydrogen-bond donors (Lipinski definition) is 3. The Kier molecular flexibility index (Phi) is 14.7. The van der Waals surface area contributed by atoms with E-state index >= 15 is 4.39 Å². The highest BCUT2D eigenvalue weighted by atomic mass is 19.1. The van der Waals surface area contributed by atoms with Gasteiger partial charge in [0, 0.05) is 102 Å². The second kappa shape index (κ2) is 22.3. The average Bonchev–Trinajstić information content (AvgIpc) is 4.32. The normalized spacial score (nSPS) is 20.8. The van der Waals surface area contributed by atoms with Gasteiger partial charge in [-0.05, 0) is 117 Å². The summed E-state index contributed by atoms with van der Waals surface area (Å²) in [5, 5.41) is 28.5. The number of halogens is 1. The summed E-state index contributed by atoms with van der Waals surface area (Å²) in [5.74, 6) is 1.70. The summed E-state index contributed by atoms with van der Waals surface area (Å²) in [6.45, 7) is 13.6. The third-order valence-corrected chi connectivity index (χ3v) is 17.0.